The van der Waals surface area contributed by atoms with Gasteiger partial charge in [0.25, 0.3) is 0 Å². The zero-order chi connectivity index (χ0) is 11.0. The summed E-state index contributed by atoms with van der Waals surface area (Å²) in [7, 11) is 0. The first-order valence-electron chi connectivity index (χ1n) is 5.27. The predicted octanol–water partition coefficient (Wildman–Crippen LogP) is 0.249. The Labute approximate surface area is 85.9 Å². The van der Waals surface area contributed by atoms with Gasteiger partial charge in [0.2, 0.25) is 5.91 Å². The molecule has 0 heterocycles. The van der Waals surface area contributed by atoms with Crippen molar-refractivity contribution in [3.63, 3.8) is 0 Å². The predicted molar refractivity (Wildman–Crippen MR) is 56.8 cm³/mol. The van der Waals surface area contributed by atoms with Gasteiger partial charge in [0, 0.05) is 13.1 Å². The van der Waals surface area contributed by atoms with Gasteiger partial charge in [-0.2, -0.15) is 0 Å². The molecule has 4 N–H and O–H groups in total. The normalized spacial score (nSPS) is 14.9. The van der Waals surface area contributed by atoms with Gasteiger partial charge in [0.05, 0.1) is 12.0 Å². The summed E-state index contributed by atoms with van der Waals surface area (Å²) in [6, 6.07) is 0. The summed E-state index contributed by atoms with van der Waals surface area (Å²) in [5.74, 6) is -0.0657. The molecular weight excluding hydrogens is 180 g/mol. The Morgan fingerprint density at radius 2 is 2.14 bits per heavy atom. The lowest BCUT2D eigenvalue weighted by Crippen LogP contribution is -2.36. The quantitative estimate of drug-likeness (QED) is 0.554. The summed E-state index contributed by atoms with van der Waals surface area (Å²) in [5.41, 5.74) is 5.48. The number of nitrogens with one attached hydrogen (secondary N) is 1. The van der Waals surface area contributed by atoms with Crippen molar-refractivity contribution in [1.29, 1.82) is 0 Å². The van der Waals surface area contributed by atoms with Crippen LogP contribution in [-0.2, 0) is 4.79 Å². The topological polar surface area (TPSA) is 75.4 Å². The van der Waals surface area contributed by atoms with Crippen molar-refractivity contribution in [3.8, 4) is 0 Å². The summed E-state index contributed by atoms with van der Waals surface area (Å²) in [6.07, 6.45) is 2.02. The molecule has 0 aromatic rings. The van der Waals surface area contributed by atoms with E-state index in [1.54, 1.807) is 6.92 Å². The summed E-state index contributed by atoms with van der Waals surface area (Å²) in [4.78, 5) is 11.5. The van der Waals surface area contributed by atoms with Crippen LogP contribution in [0.1, 0.15) is 33.1 Å². The summed E-state index contributed by atoms with van der Waals surface area (Å²) in [6.45, 7) is 4.66. The minimum Gasteiger partial charge on any atom is -0.393 e. The fourth-order valence-corrected chi connectivity index (χ4v) is 1.25. The van der Waals surface area contributed by atoms with Crippen LogP contribution in [-0.4, -0.2) is 30.2 Å². The average Bonchev–Trinajstić information content (AvgIpc) is 2.13. The monoisotopic (exact) mass is 202 g/mol. The second-order valence-electron chi connectivity index (χ2n) is 3.65. The highest BCUT2D eigenvalue weighted by molar-refractivity contribution is 5.78. The number of hydrogen-bond donors (Lipinski definition) is 3. The van der Waals surface area contributed by atoms with Crippen molar-refractivity contribution >= 4 is 5.91 Å². The van der Waals surface area contributed by atoms with E-state index in [1.807, 2.05) is 6.92 Å². The lowest BCUT2D eigenvalue weighted by Gasteiger charge is -2.14. The van der Waals surface area contributed by atoms with Crippen molar-refractivity contribution in [3.05, 3.63) is 0 Å². The number of carbonyl (C=O) groups excluding carboxylic acids is 1. The lowest BCUT2D eigenvalue weighted by molar-refractivity contribution is -0.124. The Kier molecular flexibility index (Phi) is 7.42. The molecule has 84 valence electrons. The van der Waals surface area contributed by atoms with E-state index >= 15 is 0 Å². The third-order valence-corrected chi connectivity index (χ3v) is 2.15. The zero-order valence-corrected chi connectivity index (χ0v) is 9.12. The van der Waals surface area contributed by atoms with Gasteiger partial charge in [0.15, 0.2) is 0 Å². The molecular formula is C10H22N2O2. The number of hydrogen-bond acceptors (Lipinski definition) is 3. The molecule has 0 fully saturated rings. The van der Waals surface area contributed by atoms with Crippen LogP contribution in [0, 0.1) is 5.92 Å². The van der Waals surface area contributed by atoms with Gasteiger partial charge in [-0.25, -0.2) is 0 Å². The Morgan fingerprint density at radius 1 is 1.50 bits per heavy atom. The van der Waals surface area contributed by atoms with Gasteiger partial charge in [-0.05, 0) is 19.8 Å². The van der Waals surface area contributed by atoms with E-state index in [0.717, 1.165) is 12.8 Å². The first-order chi connectivity index (χ1) is 6.61. The molecule has 0 rings (SSSR count). The third kappa shape index (κ3) is 5.94. The van der Waals surface area contributed by atoms with Gasteiger partial charge < -0.3 is 16.2 Å². The molecule has 0 bridgehead atoms. The Hall–Kier alpha value is -0.610. The standard InChI is InChI=1S/C10H22N2O2/c1-3-4-9(7-11)10(14)12-6-5-8(2)13/h8-9,13H,3-7,11H2,1-2H3,(H,12,14). The molecule has 14 heavy (non-hydrogen) atoms. The van der Waals surface area contributed by atoms with Crippen LogP contribution in [0.5, 0.6) is 0 Å². The van der Waals surface area contributed by atoms with Crippen molar-refractivity contribution in [2.24, 2.45) is 11.7 Å². The highest BCUT2D eigenvalue weighted by Gasteiger charge is 2.14. The minimum absolute atomic E-state index is 0.00926. The second kappa shape index (κ2) is 7.76. The zero-order valence-electron chi connectivity index (χ0n) is 9.12. The molecule has 1 amide bonds. The van der Waals surface area contributed by atoms with Gasteiger partial charge in [-0.3, -0.25) is 4.79 Å². The highest BCUT2D eigenvalue weighted by Crippen LogP contribution is 2.04. The molecule has 0 aliphatic heterocycles. The van der Waals surface area contributed by atoms with Crippen LogP contribution < -0.4 is 11.1 Å². The molecule has 2 unspecified atom stereocenters. The fourth-order valence-electron chi connectivity index (χ4n) is 1.25. The van der Waals surface area contributed by atoms with Gasteiger partial charge in [0.1, 0.15) is 0 Å². The van der Waals surface area contributed by atoms with Crippen molar-refractivity contribution in [2.45, 2.75) is 39.2 Å². The molecule has 0 saturated heterocycles. The second-order valence-corrected chi connectivity index (χ2v) is 3.65. The van der Waals surface area contributed by atoms with E-state index in [-0.39, 0.29) is 17.9 Å². The van der Waals surface area contributed by atoms with Crippen LogP contribution in [0.15, 0.2) is 0 Å². The maximum Gasteiger partial charge on any atom is 0.224 e. The van der Waals surface area contributed by atoms with Crippen LogP contribution in [0.4, 0.5) is 0 Å². The largest absolute Gasteiger partial charge is 0.393 e. The van der Waals surface area contributed by atoms with Gasteiger partial charge in [-0.1, -0.05) is 13.3 Å². The maximum absolute atomic E-state index is 11.5. The van der Waals surface area contributed by atoms with Crippen LogP contribution in [0.3, 0.4) is 0 Å². The molecule has 4 heteroatoms. The molecule has 0 aromatic heterocycles. The van der Waals surface area contributed by atoms with Crippen LogP contribution >= 0.6 is 0 Å². The van der Waals surface area contributed by atoms with E-state index < -0.39 is 0 Å². The molecule has 0 aliphatic carbocycles. The number of aliphatic hydroxyl groups is 1. The van der Waals surface area contributed by atoms with E-state index in [1.165, 1.54) is 0 Å². The van der Waals surface area contributed by atoms with E-state index in [2.05, 4.69) is 5.32 Å². The first-order valence-corrected chi connectivity index (χ1v) is 5.27. The molecule has 0 spiro atoms. The van der Waals surface area contributed by atoms with E-state index in [4.69, 9.17) is 10.8 Å². The van der Waals surface area contributed by atoms with Crippen molar-refractivity contribution in [1.82, 2.24) is 5.32 Å². The first kappa shape index (κ1) is 13.4. The molecule has 4 nitrogen and oxygen atoms in total. The molecule has 0 saturated carbocycles. The van der Waals surface area contributed by atoms with E-state index in [9.17, 15) is 4.79 Å². The lowest BCUT2D eigenvalue weighted by atomic mass is 10.0. The summed E-state index contributed by atoms with van der Waals surface area (Å²) < 4.78 is 0. The molecule has 2 atom stereocenters. The smallest absolute Gasteiger partial charge is 0.224 e. The van der Waals surface area contributed by atoms with Crippen molar-refractivity contribution < 1.29 is 9.90 Å². The highest BCUT2D eigenvalue weighted by atomic mass is 16.3. The third-order valence-electron chi connectivity index (χ3n) is 2.15. The average molecular weight is 202 g/mol. The summed E-state index contributed by atoms with van der Waals surface area (Å²) in [5, 5.41) is 11.8. The van der Waals surface area contributed by atoms with Gasteiger partial charge in [-0.15, -0.1) is 0 Å². The minimum atomic E-state index is -0.363. The fraction of sp³-hybridized carbons (Fsp3) is 0.900. The number of nitrogens with two attached hydrogens (primary N) is 1. The maximum atomic E-state index is 11.5. The van der Waals surface area contributed by atoms with Gasteiger partial charge >= 0.3 is 0 Å². The number of amides is 1. The number of carbonyl (C=O) groups is 1. The number of rotatable bonds is 7. The Morgan fingerprint density at radius 3 is 2.57 bits per heavy atom. The van der Waals surface area contributed by atoms with E-state index in [0.29, 0.717) is 19.5 Å². The SMILES string of the molecule is CCCC(CN)C(=O)NCCC(C)O. The Bertz CT molecular complexity index is 160. The summed E-state index contributed by atoms with van der Waals surface area (Å²) >= 11 is 0. The Balaban J connectivity index is 3.69. The van der Waals surface area contributed by atoms with Crippen LogP contribution in [0.25, 0.3) is 0 Å². The van der Waals surface area contributed by atoms with Crippen molar-refractivity contribution in [2.75, 3.05) is 13.1 Å². The number of aliphatic hydroxyl groups excluding tert-OH is 1. The molecule has 0 radical (unpaired) electrons. The molecule has 0 aliphatic rings. The van der Waals surface area contributed by atoms with Crippen LogP contribution in [0.2, 0.25) is 0 Å². The molecule has 0 aromatic carbocycles.